The monoisotopic (exact) mass is 319 g/mol. The van der Waals surface area contributed by atoms with Crippen molar-refractivity contribution in [1.29, 1.82) is 0 Å². The quantitative estimate of drug-likeness (QED) is 0.833. The second-order valence-corrected chi connectivity index (χ2v) is 6.38. The highest BCUT2D eigenvalue weighted by molar-refractivity contribution is 7.80. The van der Waals surface area contributed by atoms with Crippen LogP contribution in [0.25, 0.3) is 0 Å². The van der Waals surface area contributed by atoms with Crippen LogP contribution in [-0.2, 0) is 4.79 Å². The number of anilines is 2. The lowest BCUT2D eigenvalue weighted by Crippen LogP contribution is -2.34. The number of hydrogen-bond acceptors (Lipinski definition) is 3. The molecule has 0 radical (unpaired) electrons. The summed E-state index contributed by atoms with van der Waals surface area (Å²) in [4.78, 5) is 13.9. The predicted molar refractivity (Wildman–Crippen MR) is 96.3 cm³/mol. The van der Waals surface area contributed by atoms with E-state index in [1.54, 1.807) is 0 Å². The zero-order valence-corrected chi connectivity index (χ0v) is 14.2. The molecule has 1 aromatic rings. The molecule has 0 aromatic heterocycles. The Labute approximate surface area is 138 Å². The minimum absolute atomic E-state index is 0.0425. The zero-order valence-electron chi connectivity index (χ0n) is 13.4. The molecule has 1 aliphatic heterocycles. The van der Waals surface area contributed by atoms with Gasteiger partial charge in [-0.15, -0.1) is 0 Å². The van der Waals surface area contributed by atoms with E-state index in [-0.39, 0.29) is 5.91 Å². The van der Waals surface area contributed by atoms with Crippen LogP contribution >= 0.6 is 12.2 Å². The summed E-state index contributed by atoms with van der Waals surface area (Å²) in [6.45, 7) is 6.53. The molecule has 2 rings (SSSR count). The van der Waals surface area contributed by atoms with Gasteiger partial charge >= 0.3 is 0 Å². The number of nitrogens with one attached hydrogen (secondary N) is 2. The number of benzene rings is 1. The number of hydrogen-bond donors (Lipinski definition) is 2. The van der Waals surface area contributed by atoms with Gasteiger partial charge in [0.15, 0.2) is 5.11 Å². The van der Waals surface area contributed by atoms with Crippen molar-refractivity contribution < 1.29 is 4.79 Å². The lowest BCUT2D eigenvalue weighted by Gasteiger charge is -2.32. The summed E-state index contributed by atoms with van der Waals surface area (Å²) >= 11 is 5.14. The van der Waals surface area contributed by atoms with Gasteiger partial charge in [-0.2, -0.15) is 0 Å². The van der Waals surface area contributed by atoms with Crippen LogP contribution in [0.2, 0.25) is 0 Å². The topological polar surface area (TPSA) is 44.4 Å². The fourth-order valence-electron chi connectivity index (χ4n) is 2.60. The third-order valence-electron chi connectivity index (χ3n) is 4.00. The molecule has 0 saturated carbocycles. The van der Waals surface area contributed by atoms with E-state index >= 15 is 0 Å². The van der Waals surface area contributed by atoms with Crippen molar-refractivity contribution in [3.8, 4) is 0 Å². The van der Waals surface area contributed by atoms with E-state index in [0.717, 1.165) is 31.1 Å². The van der Waals surface area contributed by atoms with Crippen LogP contribution in [0.15, 0.2) is 24.3 Å². The minimum Gasteiger partial charge on any atom is -0.372 e. The molecule has 120 valence electrons. The summed E-state index contributed by atoms with van der Waals surface area (Å²) in [5.74, 6) is 0.792. The molecule has 2 N–H and O–H groups in total. The van der Waals surface area contributed by atoms with Gasteiger partial charge in [0.25, 0.3) is 0 Å². The first-order valence-corrected chi connectivity index (χ1v) is 8.45. The second-order valence-electron chi connectivity index (χ2n) is 5.97. The van der Waals surface area contributed by atoms with Crippen molar-refractivity contribution in [3.63, 3.8) is 0 Å². The number of carbonyl (C=O) groups is 1. The zero-order chi connectivity index (χ0) is 15.9. The number of thiocarbonyl (C=S) groups is 1. The van der Waals surface area contributed by atoms with Crippen LogP contribution in [0, 0.1) is 5.92 Å². The van der Waals surface area contributed by atoms with Crippen molar-refractivity contribution in [2.75, 3.05) is 23.3 Å². The molecule has 0 aliphatic carbocycles. The highest BCUT2D eigenvalue weighted by Gasteiger charge is 2.15. The first-order chi connectivity index (χ1) is 10.6. The molecular formula is C17H25N3OS. The summed E-state index contributed by atoms with van der Waals surface area (Å²) in [6.07, 6.45) is 3.83. The van der Waals surface area contributed by atoms with Crippen molar-refractivity contribution in [2.24, 2.45) is 5.92 Å². The van der Waals surface area contributed by atoms with E-state index < -0.39 is 0 Å². The fraction of sp³-hybridized carbons (Fsp3) is 0.529. The molecule has 0 bridgehead atoms. The molecule has 0 atom stereocenters. The van der Waals surface area contributed by atoms with Crippen molar-refractivity contribution in [3.05, 3.63) is 24.3 Å². The van der Waals surface area contributed by atoms with E-state index in [2.05, 4.69) is 34.6 Å². The molecule has 22 heavy (non-hydrogen) atoms. The predicted octanol–water partition coefficient (Wildman–Crippen LogP) is 3.54. The van der Waals surface area contributed by atoms with E-state index in [4.69, 9.17) is 12.2 Å². The van der Waals surface area contributed by atoms with Crippen molar-refractivity contribution >= 4 is 34.6 Å². The summed E-state index contributed by atoms with van der Waals surface area (Å²) in [5.41, 5.74) is 2.15. The van der Waals surface area contributed by atoms with Gasteiger partial charge in [-0.3, -0.25) is 4.79 Å². The van der Waals surface area contributed by atoms with E-state index in [9.17, 15) is 4.79 Å². The first kappa shape index (κ1) is 16.7. The number of rotatable bonds is 4. The molecule has 1 aliphatic rings. The molecular weight excluding hydrogens is 294 g/mol. The Hall–Kier alpha value is -1.62. The maximum absolute atomic E-state index is 11.5. The molecule has 1 saturated heterocycles. The van der Waals surface area contributed by atoms with E-state index in [1.807, 2.05) is 19.1 Å². The Kier molecular flexibility index (Phi) is 6.19. The summed E-state index contributed by atoms with van der Waals surface area (Å²) < 4.78 is 0. The molecule has 1 heterocycles. The lowest BCUT2D eigenvalue weighted by molar-refractivity contribution is -0.119. The van der Waals surface area contributed by atoms with Gasteiger partial charge in [-0.1, -0.05) is 13.8 Å². The number of piperidine rings is 1. The highest BCUT2D eigenvalue weighted by Crippen LogP contribution is 2.24. The van der Waals surface area contributed by atoms with Crippen LogP contribution in [-0.4, -0.2) is 24.1 Å². The lowest BCUT2D eigenvalue weighted by atomic mass is 9.99. The highest BCUT2D eigenvalue weighted by atomic mass is 32.1. The van der Waals surface area contributed by atoms with Gasteiger partial charge in [0.1, 0.15) is 0 Å². The van der Waals surface area contributed by atoms with Gasteiger partial charge < -0.3 is 15.5 Å². The van der Waals surface area contributed by atoms with Crippen LogP contribution in [0.1, 0.15) is 39.5 Å². The molecule has 1 aromatic carbocycles. The number of carbonyl (C=O) groups excluding carboxylic acids is 1. The van der Waals surface area contributed by atoms with Gasteiger partial charge in [-0.25, -0.2) is 0 Å². The van der Waals surface area contributed by atoms with Crippen molar-refractivity contribution in [1.82, 2.24) is 5.32 Å². The van der Waals surface area contributed by atoms with Gasteiger partial charge in [0.2, 0.25) is 5.91 Å². The molecule has 4 nitrogen and oxygen atoms in total. The van der Waals surface area contributed by atoms with Gasteiger partial charge in [0, 0.05) is 30.9 Å². The maximum Gasteiger partial charge on any atom is 0.226 e. The number of amides is 1. The summed E-state index contributed by atoms with van der Waals surface area (Å²) in [7, 11) is 0. The van der Waals surface area contributed by atoms with Gasteiger partial charge in [0.05, 0.1) is 0 Å². The van der Waals surface area contributed by atoms with Crippen LogP contribution < -0.4 is 15.5 Å². The summed E-state index contributed by atoms with van der Waals surface area (Å²) in [6, 6.07) is 8.22. The average molecular weight is 319 g/mol. The average Bonchev–Trinajstić information content (AvgIpc) is 2.49. The normalized spacial score (nSPS) is 15.5. The first-order valence-electron chi connectivity index (χ1n) is 8.04. The van der Waals surface area contributed by atoms with Crippen LogP contribution in [0.4, 0.5) is 11.4 Å². The third kappa shape index (κ3) is 4.98. The molecule has 0 spiro atoms. The smallest absolute Gasteiger partial charge is 0.226 e. The Bertz CT molecular complexity index is 507. The Morgan fingerprint density at radius 2 is 1.91 bits per heavy atom. The number of nitrogens with zero attached hydrogens (tertiary/aromatic N) is 1. The molecule has 1 fully saturated rings. The molecule has 1 amide bonds. The molecule has 5 heteroatoms. The Morgan fingerprint density at radius 3 is 2.50 bits per heavy atom. The fourth-order valence-corrected chi connectivity index (χ4v) is 2.83. The van der Waals surface area contributed by atoms with Crippen molar-refractivity contribution in [2.45, 2.75) is 39.5 Å². The standard InChI is InChI=1S/C17H25N3OS/c1-3-4-16(21)19-17(22)18-14-5-7-15(8-6-14)20-11-9-13(2)10-12-20/h5-8,13H,3-4,9-12H2,1-2H3,(H2,18,19,21,22). The van der Waals surface area contributed by atoms with E-state index in [0.29, 0.717) is 11.5 Å². The Morgan fingerprint density at radius 1 is 1.27 bits per heavy atom. The van der Waals surface area contributed by atoms with E-state index in [1.165, 1.54) is 18.5 Å². The SMILES string of the molecule is CCCC(=O)NC(=S)Nc1ccc(N2CCC(C)CC2)cc1. The summed E-state index contributed by atoms with van der Waals surface area (Å²) in [5, 5.41) is 6.09. The largest absolute Gasteiger partial charge is 0.372 e. The minimum atomic E-state index is -0.0425. The Balaban J connectivity index is 1.86. The van der Waals surface area contributed by atoms with Crippen LogP contribution in [0.3, 0.4) is 0 Å². The second kappa shape index (κ2) is 8.13. The molecule has 0 unspecified atom stereocenters. The van der Waals surface area contributed by atoms with Crippen LogP contribution in [0.5, 0.6) is 0 Å². The maximum atomic E-state index is 11.5. The van der Waals surface area contributed by atoms with Gasteiger partial charge in [-0.05, 0) is 61.7 Å². The third-order valence-corrected chi connectivity index (χ3v) is 4.21.